The van der Waals surface area contributed by atoms with E-state index in [9.17, 15) is 15.3 Å². The second-order valence-electron chi connectivity index (χ2n) is 4.15. The summed E-state index contributed by atoms with van der Waals surface area (Å²) < 4.78 is 0. The van der Waals surface area contributed by atoms with E-state index in [0.717, 1.165) is 0 Å². The van der Waals surface area contributed by atoms with Gasteiger partial charge in [0.2, 0.25) is 0 Å². The van der Waals surface area contributed by atoms with E-state index >= 15 is 0 Å². The van der Waals surface area contributed by atoms with E-state index < -0.39 is 23.9 Å². The van der Waals surface area contributed by atoms with Crippen molar-refractivity contribution in [2.45, 2.75) is 30.8 Å². The molecule has 1 saturated heterocycles. The van der Waals surface area contributed by atoms with Crippen LogP contribution in [0.1, 0.15) is 6.92 Å². The van der Waals surface area contributed by atoms with Gasteiger partial charge in [0.15, 0.2) is 0 Å². The van der Waals surface area contributed by atoms with Gasteiger partial charge < -0.3 is 25.5 Å². The van der Waals surface area contributed by atoms with Crippen molar-refractivity contribution in [1.82, 2.24) is 4.90 Å². The van der Waals surface area contributed by atoms with Crippen LogP contribution in [0.2, 0.25) is 0 Å². The summed E-state index contributed by atoms with van der Waals surface area (Å²) >= 11 is 0. The van der Waals surface area contributed by atoms with Crippen LogP contribution in [0.25, 0.3) is 0 Å². The summed E-state index contributed by atoms with van der Waals surface area (Å²) in [5.74, 6) is 0. The van der Waals surface area contributed by atoms with Gasteiger partial charge in [-0.1, -0.05) is 0 Å². The third-order valence-corrected chi connectivity index (χ3v) is 3.06. The molecule has 0 aromatic rings. The zero-order valence-electron chi connectivity index (χ0n) is 8.74. The molecule has 5 N–H and O–H groups in total. The van der Waals surface area contributed by atoms with E-state index in [-0.39, 0.29) is 26.3 Å². The first-order valence-corrected chi connectivity index (χ1v) is 4.99. The molecule has 1 aliphatic rings. The Morgan fingerprint density at radius 2 is 1.93 bits per heavy atom. The first-order chi connectivity index (χ1) is 6.95. The van der Waals surface area contributed by atoms with Crippen molar-refractivity contribution < 1.29 is 25.5 Å². The van der Waals surface area contributed by atoms with Crippen LogP contribution in [0.15, 0.2) is 0 Å². The van der Waals surface area contributed by atoms with Crippen LogP contribution in [0.3, 0.4) is 0 Å². The Kier molecular flexibility index (Phi) is 4.05. The first-order valence-electron chi connectivity index (χ1n) is 4.99. The number of aliphatic hydroxyl groups is 5. The van der Waals surface area contributed by atoms with Gasteiger partial charge in [-0.2, -0.15) is 0 Å². The average Bonchev–Trinajstić information content (AvgIpc) is 2.15. The minimum Gasteiger partial charge on any atom is -0.395 e. The number of hydrogen-bond acceptors (Lipinski definition) is 6. The maximum Gasteiger partial charge on any atom is 0.111 e. The van der Waals surface area contributed by atoms with Crippen molar-refractivity contribution in [3.05, 3.63) is 0 Å². The average molecular weight is 221 g/mol. The minimum atomic E-state index is -1.58. The largest absolute Gasteiger partial charge is 0.395 e. The van der Waals surface area contributed by atoms with Gasteiger partial charge in [-0.05, 0) is 6.92 Å². The molecule has 15 heavy (non-hydrogen) atoms. The smallest absolute Gasteiger partial charge is 0.111 e. The minimum absolute atomic E-state index is 0.128. The summed E-state index contributed by atoms with van der Waals surface area (Å²) in [4.78, 5) is 1.57. The van der Waals surface area contributed by atoms with Gasteiger partial charge in [0.05, 0.1) is 25.4 Å². The first kappa shape index (κ1) is 12.8. The van der Waals surface area contributed by atoms with Gasteiger partial charge in [-0.25, -0.2) is 0 Å². The van der Waals surface area contributed by atoms with E-state index in [0.29, 0.717) is 0 Å². The van der Waals surface area contributed by atoms with Crippen molar-refractivity contribution in [2.24, 2.45) is 0 Å². The fraction of sp³-hybridized carbons (Fsp3) is 1.00. The van der Waals surface area contributed by atoms with Crippen LogP contribution in [-0.2, 0) is 0 Å². The number of likely N-dealkylation sites (tertiary alicyclic amines) is 1. The van der Waals surface area contributed by atoms with Crippen LogP contribution >= 0.6 is 0 Å². The highest BCUT2D eigenvalue weighted by Gasteiger charge is 2.49. The Balaban J connectivity index is 2.84. The summed E-state index contributed by atoms with van der Waals surface area (Å²) in [7, 11) is 0. The van der Waals surface area contributed by atoms with E-state index in [1.54, 1.807) is 4.90 Å². The molecule has 6 heteroatoms. The second kappa shape index (κ2) is 4.73. The quantitative estimate of drug-likeness (QED) is 0.351. The summed E-state index contributed by atoms with van der Waals surface area (Å²) in [6.07, 6.45) is -2.36. The monoisotopic (exact) mass is 221 g/mol. The summed E-state index contributed by atoms with van der Waals surface area (Å²) in [5.41, 5.74) is -1.58. The molecule has 1 heterocycles. The fourth-order valence-electron chi connectivity index (χ4n) is 2.10. The van der Waals surface area contributed by atoms with Gasteiger partial charge in [0.1, 0.15) is 11.7 Å². The van der Waals surface area contributed by atoms with Crippen molar-refractivity contribution >= 4 is 0 Å². The molecule has 0 saturated carbocycles. The molecular weight excluding hydrogens is 202 g/mol. The Bertz CT molecular complexity index is 211. The number of β-amino-alcohol motifs (C(OH)–C–C–N with tert-alkyl or cyclic N) is 2. The lowest BCUT2D eigenvalue weighted by Gasteiger charge is -2.49. The molecule has 0 radical (unpaired) electrons. The van der Waals surface area contributed by atoms with Crippen LogP contribution in [0.4, 0.5) is 0 Å². The van der Waals surface area contributed by atoms with Crippen molar-refractivity contribution in [1.29, 1.82) is 0 Å². The van der Waals surface area contributed by atoms with Crippen LogP contribution in [0.5, 0.6) is 0 Å². The number of piperidine rings is 1. The highest BCUT2D eigenvalue weighted by atomic mass is 16.4. The topological polar surface area (TPSA) is 104 Å². The third kappa shape index (κ3) is 2.30. The molecule has 0 aliphatic carbocycles. The van der Waals surface area contributed by atoms with Crippen molar-refractivity contribution in [3.63, 3.8) is 0 Å². The van der Waals surface area contributed by atoms with E-state index in [1.807, 2.05) is 0 Å². The lowest BCUT2D eigenvalue weighted by Crippen LogP contribution is -2.69. The van der Waals surface area contributed by atoms with Crippen LogP contribution in [0, 0.1) is 0 Å². The molecular formula is C9H19NO5. The van der Waals surface area contributed by atoms with Gasteiger partial charge in [0, 0.05) is 13.1 Å². The summed E-state index contributed by atoms with van der Waals surface area (Å²) in [6.45, 7) is 1.27. The van der Waals surface area contributed by atoms with Gasteiger partial charge in [-0.15, -0.1) is 0 Å². The molecule has 0 spiro atoms. The van der Waals surface area contributed by atoms with Gasteiger partial charge in [0.25, 0.3) is 0 Å². The lowest BCUT2D eigenvalue weighted by molar-refractivity contribution is -0.198. The van der Waals surface area contributed by atoms with Crippen LogP contribution < -0.4 is 0 Å². The maximum atomic E-state index is 9.98. The maximum absolute atomic E-state index is 9.98. The molecule has 0 aromatic carbocycles. The molecule has 1 fully saturated rings. The molecule has 0 bridgehead atoms. The Morgan fingerprint density at radius 1 is 1.33 bits per heavy atom. The molecule has 0 amide bonds. The standard InChI is InChI=1S/C9H19NO5/c1-9(15)7(5-12)10(2-3-11)4-6(13)8(9)14/h6-8,11-15H,2-5H2,1H3/t6?,7?,8?,9-/m1/s1. The molecule has 1 rings (SSSR count). The summed E-state index contributed by atoms with van der Waals surface area (Å²) in [5, 5.41) is 47.0. The van der Waals surface area contributed by atoms with Crippen molar-refractivity contribution in [3.8, 4) is 0 Å². The molecule has 90 valence electrons. The molecule has 3 unspecified atom stereocenters. The number of hydrogen-bond donors (Lipinski definition) is 5. The third-order valence-electron chi connectivity index (χ3n) is 3.06. The Morgan fingerprint density at radius 3 is 2.40 bits per heavy atom. The number of rotatable bonds is 3. The van der Waals surface area contributed by atoms with Gasteiger partial charge in [-0.3, -0.25) is 4.90 Å². The van der Waals surface area contributed by atoms with E-state index in [2.05, 4.69) is 0 Å². The fourth-order valence-corrected chi connectivity index (χ4v) is 2.10. The number of aliphatic hydroxyl groups excluding tert-OH is 4. The lowest BCUT2D eigenvalue weighted by atomic mass is 9.82. The normalized spacial score (nSPS) is 43.2. The molecule has 6 nitrogen and oxygen atoms in total. The Labute approximate surface area is 88.4 Å². The highest BCUT2D eigenvalue weighted by molar-refractivity contribution is 5.02. The van der Waals surface area contributed by atoms with E-state index in [1.165, 1.54) is 6.92 Å². The van der Waals surface area contributed by atoms with Gasteiger partial charge >= 0.3 is 0 Å². The zero-order valence-corrected chi connectivity index (χ0v) is 8.74. The second-order valence-corrected chi connectivity index (χ2v) is 4.15. The predicted octanol–water partition coefficient (Wildman–Crippen LogP) is -2.87. The highest BCUT2D eigenvalue weighted by Crippen LogP contribution is 2.27. The van der Waals surface area contributed by atoms with E-state index in [4.69, 9.17) is 10.2 Å². The molecule has 1 aliphatic heterocycles. The Hall–Kier alpha value is -0.240. The molecule has 4 atom stereocenters. The van der Waals surface area contributed by atoms with Crippen molar-refractivity contribution in [2.75, 3.05) is 26.3 Å². The molecule has 0 aromatic heterocycles. The zero-order chi connectivity index (χ0) is 11.6. The SMILES string of the molecule is C[C@]1(O)C(O)C(O)CN(CCO)C1CO. The predicted molar refractivity (Wildman–Crippen MR) is 52.2 cm³/mol. The number of nitrogens with zero attached hydrogens (tertiary/aromatic N) is 1. The van der Waals surface area contributed by atoms with Crippen LogP contribution in [-0.4, -0.2) is 80.6 Å². The summed E-state index contributed by atoms with van der Waals surface area (Å²) in [6, 6.07) is -0.678.